The van der Waals surface area contributed by atoms with E-state index in [1.54, 1.807) is 25.3 Å². The fraction of sp³-hybridized carbons (Fsp3) is 0.556. The van der Waals surface area contributed by atoms with Crippen LogP contribution in [0.15, 0.2) is 4.79 Å². The lowest BCUT2D eigenvalue weighted by molar-refractivity contribution is -0.140. The predicted molar refractivity (Wildman–Crippen MR) is 99.9 cm³/mol. The molecule has 0 bridgehead atoms. The highest BCUT2D eigenvalue weighted by molar-refractivity contribution is 7.20. The summed E-state index contributed by atoms with van der Waals surface area (Å²) in [6.45, 7) is 5.86. The largest absolute Gasteiger partial charge is 0.480 e. The van der Waals surface area contributed by atoms with Gasteiger partial charge in [-0.05, 0) is 31.2 Å². The van der Waals surface area contributed by atoms with Gasteiger partial charge in [0, 0.05) is 13.0 Å². The van der Waals surface area contributed by atoms with Crippen LogP contribution >= 0.6 is 11.3 Å². The first-order chi connectivity index (χ1) is 12.3. The van der Waals surface area contributed by atoms with Crippen LogP contribution in [0.25, 0.3) is 10.2 Å². The number of thiophene rings is 1. The van der Waals surface area contributed by atoms with E-state index in [1.807, 2.05) is 0 Å². The molecule has 1 aliphatic rings. The fourth-order valence-electron chi connectivity index (χ4n) is 3.35. The number of nitrogens with one attached hydrogen (secondary N) is 1. The van der Waals surface area contributed by atoms with Crippen LogP contribution in [0.2, 0.25) is 0 Å². The van der Waals surface area contributed by atoms with E-state index < -0.39 is 17.9 Å². The Bertz CT molecular complexity index is 929. The molecule has 3 rings (SSSR count). The van der Waals surface area contributed by atoms with Crippen LogP contribution in [0.1, 0.15) is 54.2 Å². The molecule has 0 aliphatic carbocycles. The summed E-state index contributed by atoms with van der Waals surface area (Å²) in [5.41, 5.74) is 0.478. The van der Waals surface area contributed by atoms with E-state index in [-0.39, 0.29) is 11.5 Å². The van der Waals surface area contributed by atoms with Crippen molar-refractivity contribution in [1.29, 1.82) is 0 Å². The van der Waals surface area contributed by atoms with Gasteiger partial charge in [-0.25, -0.2) is 9.78 Å². The van der Waals surface area contributed by atoms with E-state index in [4.69, 9.17) is 0 Å². The van der Waals surface area contributed by atoms with Crippen LogP contribution in [0.3, 0.4) is 0 Å². The van der Waals surface area contributed by atoms with E-state index in [2.05, 4.69) is 10.3 Å². The number of hydrogen-bond acceptors (Lipinski definition) is 5. The number of fused-ring (bicyclic) bond motifs is 2. The lowest BCUT2D eigenvalue weighted by atomic mass is 10.0. The van der Waals surface area contributed by atoms with E-state index in [0.717, 1.165) is 42.8 Å². The monoisotopic (exact) mass is 377 g/mol. The molecule has 2 aromatic heterocycles. The number of aryl methyl sites for hydroxylation is 2. The van der Waals surface area contributed by atoms with Gasteiger partial charge >= 0.3 is 5.97 Å². The van der Waals surface area contributed by atoms with Crippen LogP contribution in [-0.2, 0) is 17.8 Å². The summed E-state index contributed by atoms with van der Waals surface area (Å²) in [4.78, 5) is 42.5. The normalized spacial score (nSPS) is 15.5. The number of amides is 1. The van der Waals surface area contributed by atoms with Crippen molar-refractivity contribution in [2.24, 2.45) is 5.92 Å². The summed E-state index contributed by atoms with van der Waals surface area (Å²) in [5.74, 6) is -1.01. The molecule has 2 aromatic rings. The quantitative estimate of drug-likeness (QED) is 0.851. The fourth-order valence-corrected chi connectivity index (χ4v) is 4.44. The number of rotatable bonds is 4. The van der Waals surface area contributed by atoms with Gasteiger partial charge in [-0.3, -0.25) is 14.2 Å². The number of nitrogens with zero attached hydrogens (tertiary/aromatic N) is 2. The van der Waals surface area contributed by atoms with Crippen molar-refractivity contribution in [3.63, 3.8) is 0 Å². The van der Waals surface area contributed by atoms with Crippen LogP contribution in [0.5, 0.6) is 0 Å². The molecule has 0 spiro atoms. The van der Waals surface area contributed by atoms with Gasteiger partial charge in [0.1, 0.15) is 16.7 Å². The lowest BCUT2D eigenvalue weighted by Crippen LogP contribution is -2.44. The maximum Gasteiger partial charge on any atom is 0.326 e. The zero-order valence-corrected chi connectivity index (χ0v) is 16.0. The minimum Gasteiger partial charge on any atom is -0.480 e. The van der Waals surface area contributed by atoms with Crippen molar-refractivity contribution in [3.05, 3.63) is 26.6 Å². The van der Waals surface area contributed by atoms with Crippen molar-refractivity contribution < 1.29 is 14.7 Å². The summed E-state index contributed by atoms with van der Waals surface area (Å²) < 4.78 is 1.73. The first-order valence-corrected chi connectivity index (χ1v) is 9.69. The van der Waals surface area contributed by atoms with Gasteiger partial charge in [0.25, 0.3) is 11.5 Å². The minimum absolute atomic E-state index is 0.0988. The topological polar surface area (TPSA) is 101 Å². The van der Waals surface area contributed by atoms with Gasteiger partial charge in [0.05, 0.1) is 10.3 Å². The maximum absolute atomic E-state index is 12.9. The smallest absolute Gasteiger partial charge is 0.326 e. The number of carboxylic acids is 1. The molecule has 2 N–H and O–H groups in total. The Morgan fingerprint density at radius 1 is 1.27 bits per heavy atom. The number of carbonyl (C=O) groups excluding carboxylic acids is 1. The number of aromatic nitrogens is 2. The SMILES string of the molecule is Cc1c(C(=O)N[C@H](C(=O)O)C(C)C)sc2nc3n(c(=O)c12)CCCCC3. The van der Waals surface area contributed by atoms with Gasteiger partial charge in [-0.15, -0.1) is 11.3 Å². The Morgan fingerprint density at radius 2 is 2.00 bits per heavy atom. The van der Waals surface area contributed by atoms with Gasteiger partial charge < -0.3 is 10.4 Å². The standard InChI is InChI=1S/C18H23N3O4S/c1-9(2)13(18(24)25)20-15(22)14-10(3)12-16(26-14)19-11-7-5-4-6-8-21(11)17(12)23/h9,13H,4-8H2,1-3H3,(H,20,22)(H,24,25)/t13-/m0/s1. The second-order valence-corrected chi connectivity index (χ2v) is 8.06. The Kier molecular flexibility index (Phi) is 5.13. The zero-order valence-electron chi connectivity index (χ0n) is 15.2. The highest BCUT2D eigenvalue weighted by Gasteiger charge is 2.27. The van der Waals surface area contributed by atoms with Crippen molar-refractivity contribution in [1.82, 2.24) is 14.9 Å². The third kappa shape index (κ3) is 3.25. The molecule has 26 heavy (non-hydrogen) atoms. The van der Waals surface area contributed by atoms with Crippen LogP contribution < -0.4 is 10.9 Å². The molecule has 0 unspecified atom stereocenters. The van der Waals surface area contributed by atoms with Crippen molar-refractivity contribution in [2.75, 3.05) is 0 Å². The molecule has 0 radical (unpaired) electrons. The van der Waals surface area contributed by atoms with E-state index in [0.29, 0.717) is 27.2 Å². The average Bonchev–Trinajstić information content (AvgIpc) is 2.75. The van der Waals surface area contributed by atoms with Crippen LogP contribution in [0, 0.1) is 12.8 Å². The molecule has 3 heterocycles. The van der Waals surface area contributed by atoms with Crippen molar-refractivity contribution >= 4 is 33.4 Å². The molecule has 1 aliphatic heterocycles. The van der Waals surface area contributed by atoms with Crippen molar-refractivity contribution in [2.45, 2.75) is 59.0 Å². The van der Waals surface area contributed by atoms with Crippen LogP contribution in [-0.4, -0.2) is 32.6 Å². The van der Waals surface area contributed by atoms with Gasteiger partial charge in [0.15, 0.2) is 0 Å². The number of carbonyl (C=O) groups is 2. The third-order valence-corrected chi connectivity index (χ3v) is 6.02. The number of carboxylic acid groups (broad SMARTS) is 1. The van der Waals surface area contributed by atoms with E-state index in [9.17, 15) is 19.5 Å². The second kappa shape index (κ2) is 7.19. The summed E-state index contributed by atoms with van der Waals surface area (Å²) in [5, 5.41) is 12.3. The highest BCUT2D eigenvalue weighted by Crippen LogP contribution is 2.28. The van der Waals surface area contributed by atoms with Crippen molar-refractivity contribution in [3.8, 4) is 0 Å². The average molecular weight is 377 g/mol. The van der Waals surface area contributed by atoms with Crippen LogP contribution in [0.4, 0.5) is 0 Å². The molecule has 140 valence electrons. The Hall–Kier alpha value is -2.22. The first kappa shape index (κ1) is 18.6. The molecule has 7 nitrogen and oxygen atoms in total. The van der Waals surface area contributed by atoms with E-state index >= 15 is 0 Å². The van der Waals surface area contributed by atoms with Gasteiger partial charge in [-0.1, -0.05) is 20.3 Å². The summed E-state index contributed by atoms with van der Waals surface area (Å²) in [6, 6.07) is -0.974. The molecular formula is C18H23N3O4S. The minimum atomic E-state index is -1.07. The Balaban J connectivity index is 2.04. The lowest BCUT2D eigenvalue weighted by Gasteiger charge is -2.17. The number of aliphatic carboxylic acids is 1. The van der Waals surface area contributed by atoms with Gasteiger partial charge in [0.2, 0.25) is 0 Å². The third-order valence-electron chi connectivity index (χ3n) is 4.84. The molecule has 0 aromatic carbocycles. The summed E-state index contributed by atoms with van der Waals surface area (Å²) in [6.07, 6.45) is 3.79. The molecule has 0 fully saturated rings. The zero-order chi connectivity index (χ0) is 19.0. The summed E-state index contributed by atoms with van der Waals surface area (Å²) in [7, 11) is 0. The maximum atomic E-state index is 12.9. The molecule has 1 amide bonds. The molecule has 0 saturated heterocycles. The second-order valence-electron chi connectivity index (χ2n) is 7.07. The summed E-state index contributed by atoms with van der Waals surface area (Å²) >= 11 is 1.16. The predicted octanol–water partition coefficient (Wildman–Crippen LogP) is 2.33. The molecule has 1 atom stereocenters. The number of hydrogen-bond donors (Lipinski definition) is 2. The molecular weight excluding hydrogens is 354 g/mol. The Morgan fingerprint density at radius 3 is 2.65 bits per heavy atom. The molecule has 8 heteroatoms. The Labute approximate surface area is 155 Å². The first-order valence-electron chi connectivity index (χ1n) is 8.87. The van der Waals surface area contributed by atoms with E-state index in [1.165, 1.54) is 0 Å². The highest BCUT2D eigenvalue weighted by atomic mass is 32.1. The van der Waals surface area contributed by atoms with Gasteiger partial charge in [-0.2, -0.15) is 0 Å². The molecule has 0 saturated carbocycles.